The summed E-state index contributed by atoms with van der Waals surface area (Å²) in [5.74, 6) is -0.963. The first kappa shape index (κ1) is 40.8. The van der Waals surface area contributed by atoms with Gasteiger partial charge in [-0.15, -0.1) is 0 Å². The average molecular weight is 825 g/mol. The number of hydrogen-bond donors (Lipinski definition) is 3. The Balaban J connectivity index is 0.778. The molecule has 1 saturated carbocycles. The number of nitrogens with one attached hydrogen (secondary N) is 2. The first-order valence-electron chi connectivity index (χ1n) is 22.0. The van der Waals surface area contributed by atoms with Gasteiger partial charge in [-0.1, -0.05) is 0 Å². The van der Waals surface area contributed by atoms with Crippen molar-refractivity contribution < 1.29 is 19.5 Å². The van der Waals surface area contributed by atoms with E-state index in [0.29, 0.717) is 53.0 Å². The van der Waals surface area contributed by atoms with Gasteiger partial charge in [-0.05, 0) is 132 Å². The first-order valence-corrected chi connectivity index (χ1v) is 22.0. The van der Waals surface area contributed by atoms with Crippen LogP contribution in [0.2, 0.25) is 0 Å². The highest BCUT2D eigenvalue weighted by atomic mass is 16.3. The zero-order chi connectivity index (χ0) is 42.6. The molecule has 0 bridgehead atoms. The molecule has 3 aliphatic heterocycles. The molecule has 0 spiro atoms. The van der Waals surface area contributed by atoms with E-state index in [9.17, 15) is 24.8 Å². The molecule has 5 aromatic rings. The third kappa shape index (κ3) is 8.14. The molecule has 3 saturated heterocycles. The highest BCUT2D eigenvalue weighted by molar-refractivity contribution is 6.05. The molecule has 9 rings (SSSR count). The molecular formula is C47H56N10O4. The summed E-state index contributed by atoms with van der Waals surface area (Å²) >= 11 is 0. The zero-order valence-corrected chi connectivity index (χ0v) is 35.7. The second-order valence-electron chi connectivity index (χ2n) is 18.2. The van der Waals surface area contributed by atoms with Gasteiger partial charge in [0.05, 0.1) is 40.4 Å². The fourth-order valence-corrected chi connectivity index (χ4v) is 10.6. The largest absolute Gasteiger partial charge is 0.386 e. The number of aliphatic hydroxyl groups is 1. The highest BCUT2D eigenvalue weighted by Gasteiger charge is 2.34. The number of fused-ring (bicyclic) bond motifs is 2. The topological polar surface area (TPSA) is 164 Å². The fourth-order valence-electron chi connectivity index (χ4n) is 10.6. The SMILES string of the molecule is Cc1cc(N2CCC(N3CCN(C4CCC(n5cc6cc(NC(=O)c7ccc8cc(C#N)cnn78)c(C(C)(C)O)cc6n5)CC4)CC3)CC2)cc(C)c1[C@H]1CCC(=O)NC1=O. The van der Waals surface area contributed by atoms with E-state index in [-0.39, 0.29) is 29.7 Å². The maximum Gasteiger partial charge on any atom is 0.274 e. The quantitative estimate of drug-likeness (QED) is 0.160. The van der Waals surface area contributed by atoms with Gasteiger partial charge in [0.1, 0.15) is 11.8 Å². The third-order valence-electron chi connectivity index (χ3n) is 13.8. The number of hydrogen-bond acceptors (Lipinski definition) is 10. The number of aryl methyl sites for hydroxylation is 2. The average Bonchev–Trinajstić information content (AvgIpc) is 3.88. The van der Waals surface area contributed by atoms with Crippen LogP contribution in [0.5, 0.6) is 0 Å². The Labute approximate surface area is 356 Å². The van der Waals surface area contributed by atoms with Gasteiger partial charge in [0, 0.05) is 86.3 Å². The van der Waals surface area contributed by atoms with Crippen LogP contribution in [0, 0.1) is 25.2 Å². The van der Waals surface area contributed by atoms with Gasteiger partial charge < -0.3 is 15.3 Å². The smallest absolute Gasteiger partial charge is 0.274 e. The number of nitriles is 1. The van der Waals surface area contributed by atoms with E-state index < -0.39 is 5.60 Å². The molecule has 3 amide bonds. The fraction of sp³-hybridized carbons (Fsp3) is 0.489. The number of benzene rings is 2. The summed E-state index contributed by atoms with van der Waals surface area (Å²) in [6.07, 6.45) is 11.1. The van der Waals surface area contributed by atoms with E-state index in [2.05, 4.69) is 73.4 Å². The Morgan fingerprint density at radius 3 is 2.16 bits per heavy atom. The lowest BCUT2D eigenvalue weighted by molar-refractivity contribution is -0.134. The van der Waals surface area contributed by atoms with Crippen LogP contribution in [0.1, 0.15) is 115 Å². The van der Waals surface area contributed by atoms with Gasteiger partial charge >= 0.3 is 0 Å². The number of nitrogens with zero attached hydrogens (tertiary/aromatic N) is 8. The summed E-state index contributed by atoms with van der Waals surface area (Å²) < 4.78 is 3.60. The lowest BCUT2D eigenvalue weighted by Crippen LogP contribution is -2.55. The molecule has 4 aliphatic rings. The Hall–Kier alpha value is -5.62. The second kappa shape index (κ2) is 16.3. The third-order valence-corrected chi connectivity index (χ3v) is 13.8. The molecule has 4 fully saturated rings. The van der Waals surface area contributed by atoms with E-state index in [4.69, 9.17) is 5.10 Å². The van der Waals surface area contributed by atoms with Gasteiger partial charge in [0.15, 0.2) is 0 Å². The Bertz CT molecular complexity index is 2520. The van der Waals surface area contributed by atoms with Crippen LogP contribution in [0.3, 0.4) is 0 Å². The normalized spacial score (nSPS) is 22.4. The van der Waals surface area contributed by atoms with Crippen LogP contribution < -0.4 is 15.5 Å². The van der Waals surface area contributed by atoms with E-state index in [1.54, 1.807) is 32.0 Å². The van der Waals surface area contributed by atoms with Crippen molar-refractivity contribution in [2.45, 2.75) is 109 Å². The van der Waals surface area contributed by atoms with Gasteiger partial charge in [-0.3, -0.25) is 34.2 Å². The van der Waals surface area contributed by atoms with Crippen LogP contribution in [0.25, 0.3) is 16.4 Å². The van der Waals surface area contributed by atoms with Crippen molar-refractivity contribution in [2.75, 3.05) is 49.5 Å². The lowest BCUT2D eigenvalue weighted by Gasteiger charge is -2.46. The van der Waals surface area contributed by atoms with Crippen molar-refractivity contribution in [3.63, 3.8) is 0 Å². The molecule has 3 N–H and O–H groups in total. The molecule has 1 atom stereocenters. The van der Waals surface area contributed by atoms with Crippen LogP contribution in [0.15, 0.2) is 54.9 Å². The zero-order valence-electron chi connectivity index (χ0n) is 35.7. The second-order valence-corrected chi connectivity index (χ2v) is 18.2. The summed E-state index contributed by atoms with van der Waals surface area (Å²) in [5, 5.41) is 36.2. The number of carbonyl (C=O) groups excluding carboxylic acids is 3. The number of piperazine rings is 1. The Morgan fingerprint density at radius 2 is 1.52 bits per heavy atom. The van der Waals surface area contributed by atoms with Crippen molar-refractivity contribution in [1.82, 2.24) is 34.5 Å². The van der Waals surface area contributed by atoms with Crippen molar-refractivity contribution in [2.24, 2.45) is 0 Å². The predicted molar refractivity (Wildman–Crippen MR) is 234 cm³/mol. The summed E-state index contributed by atoms with van der Waals surface area (Å²) in [6.45, 7) is 14.1. The summed E-state index contributed by atoms with van der Waals surface area (Å²) in [7, 11) is 0. The van der Waals surface area contributed by atoms with Crippen molar-refractivity contribution in [3.8, 4) is 6.07 Å². The number of amides is 3. The minimum Gasteiger partial charge on any atom is -0.386 e. The van der Waals surface area contributed by atoms with E-state index in [1.807, 2.05) is 12.1 Å². The highest BCUT2D eigenvalue weighted by Crippen LogP contribution is 2.37. The number of rotatable bonds is 8. The molecule has 3 aromatic heterocycles. The number of aromatic nitrogens is 4. The summed E-state index contributed by atoms with van der Waals surface area (Å²) in [5.41, 5.74) is 6.62. The van der Waals surface area contributed by atoms with E-state index in [0.717, 1.165) is 105 Å². The van der Waals surface area contributed by atoms with Gasteiger partial charge in [-0.2, -0.15) is 15.5 Å². The van der Waals surface area contributed by atoms with Gasteiger partial charge in [0.2, 0.25) is 11.8 Å². The minimum absolute atomic E-state index is 0.171. The van der Waals surface area contributed by atoms with Crippen LogP contribution in [0.4, 0.5) is 11.4 Å². The molecule has 2 aromatic carbocycles. The van der Waals surface area contributed by atoms with Crippen molar-refractivity contribution in [3.05, 3.63) is 88.4 Å². The number of carbonyl (C=O) groups is 3. The summed E-state index contributed by atoms with van der Waals surface area (Å²) in [6, 6.07) is 16.9. The lowest BCUT2D eigenvalue weighted by atomic mass is 9.84. The molecule has 0 radical (unpaired) electrons. The standard InChI is InChI=1S/C47H56N10O4/c1-29-21-37(22-30(2)44(29)38-10-12-43(58)51-45(38)59)53-15-13-34(14-16-53)55-19-17-54(18-20-55)33-5-7-35(8-6-33)56-28-32-24-41(39(47(3,4)61)25-40(32)52-56)50-46(60)42-11-9-36-23-31(26-48)27-49-57(36)42/h9,11,21-25,27-28,33-35,38,61H,5-8,10,12-20H2,1-4H3,(H,50,60)(H,51,58,59)/t33?,35?,38-/m1/s1. The van der Waals surface area contributed by atoms with E-state index in [1.165, 1.54) is 16.4 Å². The predicted octanol–water partition coefficient (Wildman–Crippen LogP) is 5.94. The van der Waals surface area contributed by atoms with Crippen molar-refractivity contribution in [1.29, 1.82) is 5.26 Å². The Morgan fingerprint density at radius 1 is 0.869 bits per heavy atom. The summed E-state index contributed by atoms with van der Waals surface area (Å²) in [4.78, 5) is 45.9. The maximum atomic E-state index is 13.5. The van der Waals surface area contributed by atoms with Gasteiger partial charge in [-0.25, -0.2) is 4.52 Å². The molecule has 1 aliphatic carbocycles. The van der Waals surface area contributed by atoms with Crippen LogP contribution in [-0.4, -0.2) is 103 Å². The van der Waals surface area contributed by atoms with Crippen LogP contribution >= 0.6 is 0 Å². The van der Waals surface area contributed by atoms with Crippen molar-refractivity contribution >= 4 is 45.5 Å². The van der Waals surface area contributed by atoms with Crippen LogP contribution in [-0.2, 0) is 15.2 Å². The molecule has 61 heavy (non-hydrogen) atoms. The number of anilines is 2. The maximum absolute atomic E-state index is 13.5. The van der Waals surface area contributed by atoms with Gasteiger partial charge in [0.25, 0.3) is 5.91 Å². The Kier molecular flexibility index (Phi) is 10.9. The molecule has 318 valence electrons. The number of imide groups is 1. The van der Waals surface area contributed by atoms with E-state index >= 15 is 0 Å². The molecular weight excluding hydrogens is 769 g/mol. The minimum atomic E-state index is -1.23. The molecule has 0 unspecified atom stereocenters. The number of piperidine rings is 2. The first-order chi connectivity index (χ1) is 29.3. The molecule has 14 nitrogen and oxygen atoms in total. The molecule has 14 heteroatoms. The monoisotopic (exact) mass is 824 g/mol. The molecule has 6 heterocycles.